The van der Waals surface area contributed by atoms with Crippen LogP contribution in [0.15, 0.2) is 47.6 Å². The molecule has 0 saturated heterocycles. The molecule has 2 amide bonds. The number of hydrogen-bond donors (Lipinski definition) is 1. The monoisotopic (exact) mass is 399 g/mol. The lowest BCUT2D eigenvalue weighted by atomic mass is 10.1. The fourth-order valence-corrected chi connectivity index (χ4v) is 3.12. The molecule has 0 bridgehead atoms. The van der Waals surface area contributed by atoms with Crippen LogP contribution in [0, 0.1) is 6.92 Å². The number of hydrazone groups is 1. The SMILES string of the molecule is COc1cc(Cl)c(C)cc1NC(=O)CCC(=O)N1CCC(c2ccccc2)=N1. The van der Waals surface area contributed by atoms with E-state index in [1.807, 2.05) is 37.3 Å². The van der Waals surface area contributed by atoms with Crippen LogP contribution in [0.2, 0.25) is 5.02 Å². The van der Waals surface area contributed by atoms with Gasteiger partial charge in [0, 0.05) is 30.4 Å². The number of nitrogens with one attached hydrogen (secondary N) is 1. The number of rotatable bonds is 6. The van der Waals surface area contributed by atoms with Crippen LogP contribution >= 0.6 is 11.6 Å². The van der Waals surface area contributed by atoms with Crippen molar-refractivity contribution in [3.05, 3.63) is 58.6 Å². The molecule has 3 rings (SSSR count). The minimum absolute atomic E-state index is 0.0658. The Morgan fingerprint density at radius 3 is 2.68 bits per heavy atom. The number of amides is 2. The van der Waals surface area contributed by atoms with Gasteiger partial charge in [-0.05, 0) is 24.1 Å². The second-order valence-electron chi connectivity index (χ2n) is 6.53. The number of benzene rings is 2. The number of carbonyl (C=O) groups excluding carboxylic acids is 2. The first-order valence-electron chi connectivity index (χ1n) is 9.05. The van der Waals surface area contributed by atoms with Crippen molar-refractivity contribution in [2.45, 2.75) is 26.2 Å². The van der Waals surface area contributed by atoms with Crippen molar-refractivity contribution < 1.29 is 14.3 Å². The van der Waals surface area contributed by atoms with Crippen molar-refractivity contribution >= 4 is 34.8 Å². The molecule has 28 heavy (non-hydrogen) atoms. The van der Waals surface area contributed by atoms with Crippen molar-refractivity contribution in [3.63, 3.8) is 0 Å². The molecule has 146 valence electrons. The zero-order chi connectivity index (χ0) is 20.1. The van der Waals surface area contributed by atoms with Gasteiger partial charge in [-0.15, -0.1) is 0 Å². The Morgan fingerprint density at radius 2 is 1.96 bits per heavy atom. The Balaban J connectivity index is 1.56. The second kappa shape index (κ2) is 8.89. The topological polar surface area (TPSA) is 71.0 Å². The van der Waals surface area contributed by atoms with E-state index in [4.69, 9.17) is 16.3 Å². The standard InChI is InChI=1S/C21H22ClN3O3/c1-14-12-18(19(28-2)13-16(14)22)23-20(26)8-9-21(27)25-11-10-17(24-25)15-6-4-3-5-7-15/h3-7,12-13H,8-11H2,1-2H3,(H,23,26). The number of ether oxygens (including phenoxy) is 1. The summed E-state index contributed by atoms with van der Waals surface area (Å²) in [5, 5.41) is 9.19. The van der Waals surface area contributed by atoms with Crippen molar-refractivity contribution in [1.82, 2.24) is 5.01 Å². The Labute approximate surface area is 169 Å². The van der Waals surface area contributed by atoms with Crippen LogP contribution in [-0.2, 0) is 9.59 Å². The number of methoxy groups -OCH3 is 1. The highest BCUT2D eigenvalue weighted by Gasteiger charge is 2.22. The first-order chi connectivity index (χ1) is 13.5. The zero-order valence-corrected chi connectivity index (χ0v) is 16.6. The van der Waals surface area contributed by atoms with E-state index in [0.29, 0.717) is 29.4 Å². The molecule has 1 aliphatic heterocycles. The summed E-state index contributed by atoms with van der Waals surface area (Å²) in [6.45, 7) is 2.38. The number of nitrogens with zero attached hydrogens (tertiary/aromatic N) is 2. The van der Waals surface area contributed by atoms with Crippen molar-refractivity contribution in [3.8, 4) is 5.75 Å². The average molecular weight is 400 g/mol. The number of hydrogen-bond acceptors (Lipinski definition) is 4. The summed E-state index contributed by atoms with van der Waals surface area (Å²) in [5.74, 6) is 0.0482. The largest absolute Gasteiger partial charge is 0.495 e. The lowest BCUT2D eigenvalue weighted by Gasteiger charge is -2.13. The molecule has 1 heterocycles. The van der Waals surface area contributed by atoms with Crippen molar-refractivity contribution in [1.29, 1.82) is 0 Å². The van der Waals surface area contributed by atoms with Gasteiger partial charge in [0.25, 0.3) is 0 Å². The molecule has 1 N–H and O–H groups in total. The molecule has 6 nitrogen and oxygen atoms in total. The molecule has 1 aliphatic rings. The highest BCUT2D eigenvalue weighted by molar-refractivity contribution is 6.31. The summed E-state index contributed by atoms with van der Waals surface area (Å²) < 4.78 is 5.25. The zero-order valence-electron chi connectivity index (χ0n) is 15.9. The van der Waals surface area contributed by atoms with Gasteiger partial charge in [-0.25, -0.2) is 5.01 Å². The van der Waals surface area contributed by atoms with E-state index in [1.54, 1.807) is 12.1 Å². The van der Waals surface area contributed by atoms with Crippen molar-refractivity contribution in [2.24, 2.45) is 5.10 Å². The van der Waals surface area contributed by atoms with E-state index in [0.717, 1.165) is 16.8 Å². The summed E-state index contributed by atoms with van der Waals surface area (Å²) in [6.07, 6.45) is 0.867. The maximum absolute atomic E-state index is 12.4. The molecule has 0 aromatic heterocycles. The van der Waals surface area contributed by atoms with Gasteiger partial charge in [-0.3, -0.25) is 9.59 Å². The van der Waals surface area contributed by atoms with Crippen LogP contribution in [0.1, 0.15) is 30.4 Å². The quantitative estimate of drug-likeness (QED) is 0.797. The van der Waals surface area contributed by atoms with Crippen LogP contribution in [0.5, 0.6) is 5.75 Å². The molecule has 0 unspecified atom stereocenters. The molecule has 0 atom stereocenters. The van der Waals surface area contributed by atoms with E-state index in [9.17, 15) is 9.59 Å². The molecule has 0 aliphatic carbocycles. The Bertz CT molecular complexity index is 913. The minimum atomic E-state index is -0.264. The molecule has 7 heteroatoms. The number of halogens is 1. The number of aryl methyl sites for hydroxylation is 1. The van der Waals surface area contributed by atoms with E-state index < -0.39 is 0 Å². The van der Waals surface area contributed by atoms with Gasteiger partial charge in [-0.1, -0.05) is 41.9 Å². The Hall–Kier alpha value is -2.86. The molecule has 2 aromatic rings. The maximum atomic E-state index is 12.4. The number of anilines is 1. The first-order valence-corrected chi connectivity index (χ1v) is 9.43. The minimum Gasteiger partial charge on any atom is -0.495 e. The normalized spacial score (nSPS) is 13.2. The molecule has 0 saturated carbocycles. The third-order valence-electron chi connectivity index (χ3n) is 4.52. The fraction of sp³-hybridized carbons (Fsp3) is 0.286. The van der Waals surface area contributed by atoms with Gasteiger partial charge in [0.05, 0.1) is 25.1 Å². The highest BCUT2D eigenvalue weighted by Crippen LogP contribution is 2.31. The highest BCUT2D eigenvalue weighted by atomic mass is 35.5. The van der Waals surface area contributed by atoms with E-state index in [1.165, 1.54) is 12.1 Å². The summed E-state index contributed by atoms with van der Waals surface area (Å²) >= 11 is 6.08. The molecule has 2 aromatic carbocycles. The predicted molar refractivity (Wildman–Crippen MR) is 110 cm³/mol. The maximum Gasteiger partial charge on any atom is 0.243 e. The summed E-state index contributed by atoms with van der Waals surface area (Å²) in [7, 11) is 1.51. The van der Waals surface area contributed by atoms with Gasteiger partial charge in [0.1, 0.15) is 5.75 Å². The second-order valence-corrected chi connectivity index (χ2v) is 6.94. The first kappa shape index (κ1) is 19.9. The average Bonchev–Trinajstić information content (AvgIpc) is 3.20. The summed E-state index contributed by atoms with van der Waals surface area (Å²) in [5.41, 5.74) is 3.27. The smallest absolute Gasteiger partial charge is 0.243 e. The van der Waals surface area contributed by atoms with E-state index in [-0.39, 0.29) is 24.7 Å². The lowest BCUT2D eigenvalue weighted by molar-refractivity contribution is -0.132. The van der Waals surface area contributed by atoms with Crippen LogP contribution in [0.4, 0.5) is 5.69 Å². The molecule has 0 radical (unpaired) electrons. The number of carbonyl (C=O) groups is 2. The Kier molecular flexibility index (Phi) is 6.31. The van der Waals surface area contributed by atoms with Crippen LogP contribution in [0.3, 0.4) is 0 Å². The lowest BCUT2D eigenvalue weighted by Crippen LogP contribution is -2.25. The van der Waals surface area contributed by atoms with Gasteiger partial charge in [0.2, 0.25) is 11.8 Å². The third kappa shape index (κ3) is 4.70. The molecular formula is C21H22ClN3O3. The van der Waals surface area contributed by atoms with Gasteiger partial charge >= 0.3 is 0 Å². The van der Waals surface area contributed by atoms with Crippen LogP contribution < -0.4 is 10.1 Å². The third-order valence-corrected chi connectivity index (χ3v) is 4.92. The van der Waals surface area contributed by atoms with Gasteiger partial charge < -0.3 is 10.1 Å². The summed E-state index contributed by atoms with van der Waals surface area (Å²) in [6, 6.07) is 13.2. The van der Waals surface area contributed by atoms with Crippen LogP contribution in [0.25, 0.3) is 0 Å². The predicted octanol–water partition coefficient (Wildman–Crippen LogP) is 4.01. The Morgan fingerprint density at radius 1 is 1.21 bits per heavy atom. The van der Waals surface area contributed by atoms with Crippen LogP contribution in [-0.4, -0.2) is 36.2 Å². The molecule has 0 fully saturated rings. The van der Waals surface area contributed by atoms with Gasteiger partial charge in [0.15, 0.2) is 0 Å². The molecule has 0 spiro atoms. The van der Waals surface area contributed by atoms with Gasteiger partial charge in [-0.2, -0.15) is 5.10 Å². The fourth-order valence-electron chi connectivity index (χ4n) is 2.96. The van der Waals surface area contributed by atoms with E-state index in [2.05, 4.69) is 10.4 Å². The summed E-state index contributed by atoms with van der Waals surface area (Å²) in [4.78, 5) is 24.7. The van der Waals surface area contributed by atoms with Crippen molar-refractivity contribution in [2.75, 3.05) is 19.0 Å². The van der Waals surface area contributed by atoms with E-state index >= 15 is 0 Å². The molecular weight excluding hydrogens is 378 g/mol.